The van der Waals surface area contributed by atoms with E-state index in [1.165, 1.54) is 87.0 Å². The van der Waals surface area contributed by atoms with Crippen molar-refractivity contribution < 1.29 is 66.5 Å². The second-order valence-corrected chi connectivity index (χ2v) is 19.5. The van der Waals surface area contributed by atoms with E-state index in [1.54, 1.807) is 0 Å². The van der Waals surface area contributed by atoms with E-state index < -0.39 is 71.5 Å². The number of phenols is 1. The lowest BCUT2D eigenvalue weighted by molar-refractivity contribution is 0.405. The molecule has 0 heterocycles. The van der Waals surface area contributed by atoms with Gasteiger partial charge >= 0.3 is 0 Å². The number of ether oxygens (including phenoxy) is 2. The molecule has 0 saturated carbocycles. The van der Waals surface area contributed by atoms with Crippen molar-refractivity contribution in [2.45, 2.75) is 19.6 Å². The molecule has 7 rings (SSSR count). The standard InChI is InChI=1S/C40H31N9O15S4/c1-63-34-20-33(47-49-39-37(68(60,61)62)18-27-25(40(39)50)12-13-28(41)38(27)48-42-21-6-5-7-22(16-21)65(51,52)53)35(64-2)19-32(34)46-44-30-15-14-29(24-11-10-23(17-26(24)30)66(54,55)56)43-45-31-8-3-4-9-36(31)67(57,58)59/h3-20,50H,41H2,1-2H3,(H,51,52,53)(H,54,55,56)(H,57,58,59)(H,60,61,62). The Morgan fingerprint density at radius 3 is 1.56 bits per heavy atom. The maximum absolute atomic E-state index is 12.8. The summed E-state index contributed by atoms with van der Waals surface area (Å²) in [6, 6.07) is 22.2. The molecule has 0 spiro atoms. The summed E-state index contributed by atoms with van der Waals surface area (Å²) in [6.07, 6.45) is 0. The Morgan fingerprint density at radius 2 is 0.956 bits per heavy atom. The summed E-state index contributed by atoms with van der Waals surface area (Å²) >= 11 is 0. The number of nitrogens with two attached hydrogens (primary N) is 1. The number of fused-ring (bicyclic) bond motifs is 2. The number of anilines is 1. The van der Waals surface area contributed by atoms with Gasteiger partial charge in [0.1, 0.15) is 49.7 Å². The van der Waals surface area contributed by atoms with Gasteiger partial charge in [-0.05, 0) is 72.8 Å². The molecule has 68 heavy (non-hydrogen) atoms. The van der Waals surface area contributed by atoms with E-state index in [4.69, 9.17) is 15.2 Å². The van der Waals surface area contributed by atoms with Gasteiger partial charge < -0.3 is 20.3 Å². The van der Waals surface area contributed by atoms with Crippen molar-refractivity contribution in [2.75, 3.05) is 20.0 Å². The molecule has 7 N–H and O–H groups in total. The molecule has 0 aromatic heterocycles. The topological polar surface area (TPSA) is 381 Å². The fourth-order valence-corrected chi connectivity index (χ4v) is 8.67. The van der Waals surface area contributed by atoms with Gasteiger partial charge in [-0.3, -0.25) is 18.2 Å². The molecule has 7 aromatic carbocycles. The van der Waals surface area contributed by atoms with Crippen molar-refractivity contribution in [3.8, 4) is 17.2 Å². The molecule has 0 aliphatic heterocycles. The Morgan fingerprint density at radius 1 is 0.426 bits per heavy atom. The van der Waals surface area contributed by atoms with Crippen LogP contribution in [-0.4, -0.2) is 71.2 Å². The second kappa shape index (κ2) is 18.5. The van der Waals surface area contributed by atoms with E-state index in [2.05, 4.69) is 40.9 Å². The Bertz CT molecular complexity index is 3810. The van der Waals surface area contributed by atoms with Gasteiger partial charge in [-0.15, -0.1) is 35.8 Å². The molecule has 0 fully saturated rings. The van der Waals surface area contributed by atoms with Crippen LogP contribution in [0.5, 0.6) is 17.2 Å². The first-order valence-electron chi connectivity index (χ1n) is 18.6. The lowest BCUT2D eigenvalue weighted by Crippen LogP contribution is -1.99. The quantitative estimate of drug-likeness (QED) is 0.0335. The van der Waals surface area contributed by atoms with E-state index in [1.807, 2.05) is 0 Å². The number of rotatable bonds is 14. The van der Waals surface area contributed by atoms with Crippen LogP contribution in [-0.2, 0) is 40.5 Å². The molecular formula is C40H31N9O15S4. The van der Waals surface area contributed by atoms with Crippen LogP contribution < -0.4 is 15.2 Å². The van der Waals surface area contributed by atoms with Crippen LogP contribution >= 0.6 is 0 Å². The smallest absolute Gasteiger partial charge is 0.296 e. The van der Waals surface area contributed by atoms with E-state index in [-0.39, 0.29) is 78.5 Å². The fraction of sp³-hybridized carbons (Fsp3) is 0.0500. The van der Waals surface area contributed by atoms with Crippen molar-refractivity contribution in [1.29, 1.82) is 0 Å². The number of methoxy groups -OCH3 is 2. The summed E-state index contributed by atoms with van der Waals surface area (Å²) in [7, 11) is -16.7. The number of nitrogen functional groups attached to an aromatic ring is 1. The first kappa shape index (κ1) is 48.2. The maximum atomic E-state index is 12.8. The highest BCUT2D eigenvalue weighted by molar-refractivity contribution is 7.86. The normalized spacial score (nSPS) is 12.9. The molecular weight excluding hydrogens is 975 g/mol. The van der Waals surface area contributed by atoms with Crippen LogP contribution in [0.25, 0.3) is 21.5 Å². The monoisotopic (exact) mass is 1010 g/mol. The second-order valence-electron chi connectivity index (χ2n) is 13.8. The highest BCUT2D eigenvalue weighted by atomic mass is 32.2. The van der Waals surface area contributed by atoms with Gasteiger partial charge in [-0.2, -0.15) is 38.8 Å². The van der Waals surface area contributed by atoms with Gasteiger partial charge in [0.15, 0.2) is 5.75 Å². The van der Waals surface area contributed by atoms with E-state index >= 15 is 0 Å². The largest absolute Gasteiger partial charge is 0.505 e. The molecule has 0 saturated heterocycles. The lowest BCUT2D eigenvalue weighted by Gasteiger charge is -2.12. The minimum atomic E-state index is -5.19. The van der Waals surface area contributed by atoms with Crippen LogP contribution in [0.1, 0.15) is 0 Å². The zero-order valence-electron chi connectivity index (χ0n) is 34.5. The summed E-state index contributed by atoms with van der Waals surface area (Å²) in [5, 5.41) is 44.1. The zero-order chi connectivity index (χ0) is 49.3. The van der Waals surface area contributed by atoms with Crippen molar-refractivity contribution in [3.05, 3.63) is 109 Å². The van der Waals surface area contributed by atoms with Crippen molar-refractivity contribution >= 4 is 113 Å². The Kier molecular flexibility index (Phi) is 13.1. The van der Waals surface area contributed by atoms with Gasteiger partial charge in [0.2, 0.25) is 0 Å². The van der Waals surface area contributed by atoms with E-state index in [0.717, 1.165) is 36.4 Å². The van der Waals surface area contributed by atoms with Crippen molar-refractivity contribution in [2.24, 2.45) is 40.9 Å². The Hall–Kier alpha value is -7.70. The van der Waals surface area contributed by atoms with Crippen LogP contribution in [0.4, 0.5) is 51.2 Å². The average Bonchev–Trinajstić information content (AvgIpc) is 3.28. The summed E-state index contributed by atoms with van der Waals surface area (Å²) in [5.41, 5.74) is 4.83. The summed E-state index contributed by atoms with van der Waals surface area (Å²) in [4.78, 5) is -2.47. The zero-order valence-corrected chi connectivity index (χ0v) is 37.8. The van der Waals surface area contributed by atoms with Gasteiger partial charge in [-0.1, -0.05) is 24.3 Å². The minimum absolute atomic E-state index is 0.0101. The van der Waals surface area contributed by atoms with Crippen LogP contribution in [0.2, 0.25) is 0 Å². The predicted molar refractivity (Wildman–Crippen MR) is 242 cm³/mol. The predicted octanol–water partition coefficient (Wildman–Crippen LogP) is 9.95. The summed E-state index contributed by atoms with van der Waals surface area (Å²) in [6.45, 7) is 0. The van der Waals surface area contributed by atoms with Crippen molar-refractivity contribution in [3.63, 3.8) is 0 Å². The molecule has 0 atom stereocenters. The maximum Gasteiger partial charge on any atom is 0.296 e. The van der Waals surface area contributed by atoms with Gasteiger partial charge in [-0.25, -0.2) is 0 Å². The van der Waals surface area contributed by atoms with E-state index in [0.29, 0.717) is 0 Å². The molecule has 0 aliphatic carbocycles. The number of phenolic OH excluding ortho intramolecular Hbond substituents is 1. The molecule has 0 amide bonds. The van der Waals surface area contributed by atoms with Gasteiger partial charge in [0.25, 0.3) is 40.5 Å². The third-order valence-electron chi connectivity index (χ3n) is 9.55. The average molecular weight is 1010 g/mol. The van der Waals surface area contributed by atoms with Crippen LogP contribution in [0, 0.1) is 0 Å². The van der Waals surface area contributed by atoms with E-state index in [9.17, 15) is 57.0 Å². The highest BCUT2D eigenvalue weighted by Gasteiger charge is 2.25. The number of hydrogen-bond donors (Lipinski definition) is 6. The third kappa shape index (κ3) is 10.3. The third-order valence-corrected chi connectivity index (χ3v) is 13.0. The lowest BCUT2D eigenvalue weighted by atomic mass is 10.1. The molecule has 350 valence electrons. The molecule has 0 bridgehead atoms. The first-order valence-corrected chi connectivity index (χ1v) is 24.4. The SMILES string of the molecule is COc1cc(N=Nc2ccc(N=Nc3ccccc3S(=O)(=O)O)c3ccc(S(=O)(=O)O)cc23)c(OC)cc1N=Nc1c(S(=O)(=O)O)cc2c(N=Nc3cccc(S(=O)(=O)O)c3)c(N)ccc2c1O. The first-order chi connectivity index (χ1) is 32.0. The fourth-order valence-electron chi connectivity index (χ4n) is 6.37. The molecule has 28 heteroatoms. The number of nitrogens with zero attached hydrogens (tertiary/aromatic N) is 8. The summed E-state index contributed by atoms with van der Waals surface area (Å²) in [5.74, 6) is -0.898. The number of azo groups is 4. The molecule has 7 aromatic rings. The van der Waals surface area contributed by atoms with Crippen LogP contribution in [0.15, 0.2) is 170 Å². The Labute approximate surface area is 384 Å². The number of hydrogen-bond acceptors (Lipinski definition) is 20. The molecule has 24 nitrogen and oxygen atoms in total. The molecule has 0 radical (unpaired) electrons. The van der Waals surface area contributed by atoms with Crippen molar-refractivity contribution in [1.82, 2.24) is 0 Å². The van der Waals surface area contributed by atoms with Gasteiger partial charge in [0.05, 0.1) is 46.8 Å². The molecule has 0 unspecified atom stereocenters. The number of aromatic hydroxyl groups is 1. The minimum Gasteiger partial charge on any atom is -0.505 e. The Balaban J connectivity index is 1.28. The highest BCUT2D eigenvalue weighted by Crippen LogP contribution is 2.48. The molecule has 0 aliphatic rings. The van der Waals surface area contributed by atoms with Gasteiger partial charge in [0, 0.05) is 33.7 Å². The summed E-state index contributed by atoms with van der Waals surface area (Å²) < 4.78 is 147. The number of benzene rings is 7. The van der Waals surface area contributed by atoms with Crippen LogP contribution in [0.3, 0.4) is 0 Å².